The summed E-state index contributed by atoms with van der Waals surface area (Å²) in [5, 5.41) is 0. The monoisotopic (exact) mass is 457 g/mol. The first-order valence-electron chi connectivity index (χ1n) is 11.4. The standard InChI is InChI=1S/C24H32N4O3S/c1-19-6-9-21(10-7-19)32(30,31)25-22-18-20(24(29)28-16-14-26(2)15-17-28)8-11-23(22)27-12-4-3-5-13-27/h6-11,18,25H,3-5,12-17H2,1-2H3/p+1. The van der Waals surface area contributed by atoms with Gasteiger partial charge in [-0.1, -0.05) is 17.7 Å². The van der Waals surface area contributed by atoms with Gasteiger partial charge in [-0.2, -0.15) is 0 Å². The van der Waals surface area contributed by atoms with Gasteiger partial charge < -0.3 is 14.7 Å². The van der Waals surface area contributed by atoms with Crippen molar-refractivity contribution < 1.29 is 18.1 Å². The van der Waals surface area contributed by atoms with Crippen LogP contribution in [0.15, 0.2) is 47.4 Å². The number of sulfonamides is 1. The summed E-state index contributed by atoms with van der Waals surface area (Å²) in [6.45, 7) is 6.95. The zero-order valence-corrected chi connectivity index (χ0v) is 19.7. The van der Waals surface area contributed by atoms with E-state index in [1.165, 1.54) is 11.3 Å². The van der Waals surface area contributed by atoms with Gasteiger partial charge in [0.05, 0.1) is 49.5 Å². The molecule has 0 aromatic heterocycles. The van der Waals surface area contributed by atoms with Crippen LogP contribution < -0.4 is 14.5 Å². The molecule has 0 unspecified atom stereocenters. The van der Waals surface area contributed by atoms with Crippen LogP contribution in [0.2, 0.25) is 0 Å². The van der Waals surface area contributed by atoms with E-state index in [1.807, 2.05) is 24.0 Å². The third kappa shape index (κ3) is 5.07. The number of piperidine rings is 1. The minimum atomic E-state index is -3.77. The van der Waals surface area contributed by atoms with Crippen LogP contribution in [0.25, 0.3) is 0 Å². The minimum absolute atomic E-state index is 0.0431. The number of anilines is 2. The summed E-state index contributed by atoms with van der Waals surface area (Å²) in [6, 6.07) is 12.2. The quantitative estimate of drug-likeness (QED) is 0.718. The van der Waals surface area contributed by atoms with Crippen molar-refractivity contribution in [3.05, 3.63) is 53.6 Å². The SMILES string of the molecule is Cc1ccc(S(=O)(=O)Nc2cc(C(=O)N3CC[NH+](C)CC3)ccc2N2CCCCC2)cc1. The number of aryl methyl sites for hydroxylation is 1. The van der Waals surface area contributed by atoms with Crippen LogP contribution in [0.5, 0.6) is 0 Å². The smallest absolute Gasteiger partial charge is 0.261 e. The molecule has 7 nitrogen and oxygen atoms in total. The Labute approximate surface area is 191 Å². The Hall–Kier alpha value is -2.58. The van der Waals surface area contributed by atoms with Gasteiger partial charge in [0.2, 0.25) is 0 Å². The molecule has 2 aliphatic rings. The molecule has 2 heterocycles. The van der Waals surface area contributed by atoms with E-state index in [4.69, 9.17) is 0 Å². The summed E-state index contributed by atoms with van der Waals surface area (Å²) in [5.74, 6) is -0.0431. The second-order valence-electron chi connectivity index (χ2n) is 8.95. The highest BCUT2D eigenvalue weighted by Gasteiger charge is 2.25. The summed E-state index contributed by atoms with van der Waals surface area (Å²) < 4.78 is 29.1. The number of benzene rings is 2. The average molecular weight is 458 g/mol. The molecule has 8 heteroatoms. The highest BCUT2D eigenvalue weighted by atomic mass is 32.2. The summed E-state index contributed by atoms with van der Waals surface area (Å²) in [6.07, 6.45) is 3.34. The summed E-state index contributed by atoms with van der Waals surface area (Å²) in [5.41, 5.74) is 2.82. The second kappa shape index (κ2) is 9.50. The Morgan fingerprint density at radius 2 is 1.59 bits per heavy atom. The number of carbonyl (C=O) groups is 1. The zero-order valence-electron chi connectivity index (χ0n) is 18.9. The molecule has 0 radical (unpaired) electrons. The molecule has 2 aliphatic heterocycles. The van der Waals surface area contributed by atoms with E-state index in [9.17, 15) is 13.2 Å². The Bertz CT molecular complexity index is 1060. The molecule has 4 rings (SSSR count). The fraction of sp³-hybridized carbons (Fsp3) is 0.458. The predicted molar refractivity (Wildman–Crippen MR) is 127 cm³/mol. The van der Waals surface area contributed by atoms with Crippen molar-refractivity contribution in [3.63, 3.8) is 0 Å². The van der Waals surface area contributed by atoms with Crippen LogP contribution in [0.4, 0.5) is 11.4 Å². The topological polar surface area (TPSA) is 74.2 Å². The van der Waals surface area contributed by atoms with E-state index in [2.05, 4.69) is 16.7 Å². The van der Waals surface area contributed by atoms with Crippen LogP contribution in [0.1, 0.15) is 35.2 Å². The van der Waals surface area contributed by atoms with Crippen molar-refractivity contribution in [2.75, 3.05) is 55.9 Å². The van der Waals surface area contributed by atoms with Crippen LogP contribution >= 0.6 is 0 Å². The normalized spacial score (nSPS) is 17.9. The minimum Gasteiger partial charge on any atom is -0.370 e. The van der Waals surface area contributed by atoms with Gasteiger partial charge in [0, 0.05) is 18.7 Å². The molecule has 1 amide bonds. The molecule has 32 heavy (non-hydrogen) atoms. The molecule has 2 aromatic rings. The van der Waals surface area contributed by atoms with Crippen molar-refractivity contribution in [2.45, 2.75) is 31.1 Å². The lowest BCUT2D eigenvalue weighted by Gasteiger charge is -2.32. The highest BCUT2D eigenvalue weighted by Crippen LogP contribution is 2.32. The lowest BCUT2D eigenvalue weighted by molar-refractivity contribution is -0.883. The van der Waals surface area contributed by atoms with Crippen LogP contribution in [0.3, 0.4) is 0 Å². The van der Waals surface area contributed by atoms with E-state index in [0.717, 1.165) is 50.3 Å². The lowest BCUT2D eigenvalue weighted by Crippen LogP contribution is -3.12. The summed E-state index contributed by atoms with van der Waals surface area (Å²) in [7, 11) is -1.64. The van der Waals surface area contributed by atoms with Crippen LogP contribution in [-0.4, -0.2) is 65.5 Å². The number of quaternary nitrogens is 1. The maximum absolute atomic E-state index is 13.1. The number of amides is 1. The molecular formula is C24H33N4O3S+. The fourth-order valence-corrected chi connectivity index (χ4v) is 5.42. The molecule has 0 spiro atoms. The van der Waals surface area contributed by atoms with E-state index in [0.29, 0.717) is 24.3 Å². The van der Waals surface area contributed by atoms with Crippen LogP contribution in [-0.2, 0) is 10.0 Å². The number of piperazine rings is 1. The number of nitrogens with zero attached hydrogens (tertiary/aromatic N) is 2. The largest absolute Gasteiger partial charge is 0.370 e. The van der Waals surface area contributed by atoms with Crippen LogP contribution in [0, 0.1) is 6.92 Å². The summed E-state index contributed by atoms with van der Waals surface area (Å²) >= 11 is 0. The Kier molecular flexibility index (Phi) is 6.71. The molecule has 0 atom stereocenters. The van der Waals surface area contributed by atoms with Gasteiger partial charge in [0.25, 0.3) is 15.9 Å². The first-order valence-corrected chi connectivity index (χ1v) is 12.9. The zero-order chi connectivity index (χ0) is 22.7. The maximum atomic E-state index is 13.1. The van der Waals surface area contributed by atoms with Crippen molar-refractivity contribution in [1.29, 1.82) is 0 Å². The van der Waals surface area contributed by atoms with Crippen molar-refractivity contribution in [3.8, 4) is 0 Å². The van der Waals surface area contributed by atoms with Gasteiger partial charge in [-0.25, -0.2) is 8.42 Å². The van der Waals surface area contributed by atoms with Gasteiger partial charge in [0.15, 0.2) is 0 Å². The molecular weight excluding hydrogens is 424 g/mol. The van der Waals surface area contributed by atoms with E-state index < -0.39 is 10.0 Å². The number of hydrogen-bond acceptors (Lipinski definition) is 4. The van der Waals surface area contributed by atoms with E-state index in [1.54, 1.807) is 30.3 Å². The van der Waals surface area contributed by atoms with Crippen molar-refractivity contribution in [2.24, 2.45) is 0 Å². The second-order valence-corrected chi connectivity index (χ2v) is 10.6. The fourth-order valence-electron chi connectivity index (χ4n) is 4.36. The molecule has 0 aliphatic carbocycles. The number of hydrogen-bond donors (Lipinski definition) is 2. The molecule has 2 N–H and O–H groups in total. The third-order valence-corrected chi connectivity index (χ3v) is 7.80. The molecule has 2 aromatic carbocycles. The van der Waals surface area contributed by atoms with Gasteiger partial charge in [-0.3, -0.25) is 9.52 Å². The van der Waals surface area contributed by atoms with Gasteiger partial charge >= 0.3 is 0 Å². The van der Waals surface area contributed by atoms with E-state index >= 15 is 0 Å². The van der Waals surface area contributed by atoms with Crippen molar-refractivity contribution >= 4 is 27.3 Å². The molecule has 0 saturated carbocycles. The van der Waals surface area contributed by atoms with Gasteiger partial charge in [0.1, 0.15) is 0 Å². The molecule has 2 saturated heterocycles. The van der Waals surface area contributed by atoms with E-state index in [-0.39, 0.29) is 10.8 Å². The lowest BCUT2D eigenvalue weighted by atomic mass is 10.1. The number of likely N-dealkylation sites (N-methyl/N-ethyl adjacent to an activating group) is 1. The maximum Gasteiger partial charge on any atom is 0.261 e. The first kappa shape index (κ1) is 22.6. The average Bonchev–Trinajstić information content (AvgIpc) is 2.80. The molecule has 172 valence electrons. The Morgan fingerprint density at radius 1 is 0.938 bits per heavy atom. The molecule has 2 fully saturated rings. The first-order chi connectivity index (χ1) is 15.3. The number of rotatable bonds is 5. The Morgan fingerprint density at radius 3 is 2.25 bits per heavy atom. The van der Waals surface area contributed by atoms with Crippen molar-refractivity contribution in [1.82, 2.24) is 4.90 Å². The highest BCUT2D eigenvalue weighted by molar-refractivity contribution is 7.92. The Balaban J connectivity index is 1.66. The predicted octanol–water partition coefficient (Wildman–Crippen LogP) is 1.76. The summed E-state index contributed by atoms with van der Waals surface area (Å²) in [4.78, 5) is 18.9. The number of carbonyl (C=O) groups excluding carboxylic acids is 1. The molecule has 0 bridgehead atoms. The third-order valence-electron chi connectivity index (χ3n) is 6.42. The van der Waals surface area contributed by atoms with Gasteiger partial charge in [-0.15, -0.1) is 0 Å². The van der Waals surface area contributed by atoms with Gasteiger partial charge in [-0.05, 0) is 56.5 Å². The number of nitrogens with one attached hydrogen (secondary N) is 2.